The van der Waals surface area contributed by atoms with Crippen molar-refractivity contribution in [1.82, 2.24) is 14.6 Å². The maximum Gasteiger partial charge on any atom is 0.291 e. The number of fused-ring (bicyclic) bond motifs is 2. The van der Waals surface area contributed by atoms with E-state index in [1.807, 2.05) is 24.4 Å². The summed E-state index contributed by atoms with van der Waals surface area (Å²) >= 11 is 2.60. The molecule has 0 saturated heterocycles. The van der Waals surface area contributed by atoms with Crippen molar-refractivity contribution in [3.8, 4) is 16.5 Å². The van der Waals surface area contributed by atoms with Gasteiger partial charge in [0.1, 0.15) is 16.8 Å². The summed E-state index contributed by atoms with van der Waals surface area (Å²) in [4.78, 5) is 46.9. The van der Waals surface area contributed by atoms with Gasteiger partial charge in [0, 0.05) is 11.3 Å². The van der Waals surface area contributed by atoms with Crippen LogP contribution in [0, 0.1) is 0 Å². The highest BCUT2D eigenvalue weighted by Crippen LogP contribution is 2.35. The van der Waals surface area contributed by atoms with Gasteiger partial charge in [-0.05, 0) is 48.7 Å². The second-order valence-electron chi connectivity index (χ2n) is 8.13. The number of nitrogens with one attached hydrogen (secondary N) is 1. The lowest BCUT2D eigenvalue weighted by Gasteiger charge is -2.16. The van der Waals surface area contributed by atoms with Gasteiger partial charge in [-0.25, -0.2) is 0 Å². The number of carbonyl (C=O) groups is 2. The third-order valence-electron chi connectivity index (χ3n) is 5.80. The van der Waals surface area contributed by atoms with E-state index in [9.17, 15) is 14.4 Å². The Labute approximate surface area is 218 Å². The number of benzene rings is 2. The van der Waals surface area contributed by atoms with Gasteiger partial charge in [0.05, 0.1) is 22.7 Å². The lowest BCUT2D eigenvalue weighted by atomic mass is 10.1. The Balaban J connectivity index is 1.33. The summed E-state index contributed by atoms with van der Waals surface area (Å²) in [5, 5.41) is 9.09. The highest BCUT2D eigenvalue weighted by atomic mass is 32.1. The fourth-order valence-electron chi connectivity index (χ4n) is 4.20. The zero-order valence-corrected chi connectivity index (χ0v) is 21.1. The molecule has 0 atom stereocenters. The van der Waals surface area contributed by atoms with E-state index in [-0.39, 0.29) is 22.6 Å². The molecule has 3 aromatic heterocycles. The SMILES string of the molecule is CCOc1ccc(NC(=O)CN2C(=O)/C(=c3\sc4nc(-c5cccs5)nn4c3=O)c3ccccc32)cc1. The van der Waals surface area contributed by atoms with Crippen molar-refractivity contribution in [3.05, 3.63) is 86.5 Å². The van der Waals surface area contributed by atoms with Crippen molar-refractivity contribution >= 4 is 56.4 Å². The largest absolute Gasteiger partial charge is 0.494 e. The molecule has 0 bridgehead atoms. The number of para-hydroxylation sites is 1. The van der Waals surface area contributed by atoms with E-state index in [0.29, 0.717) is 40.1 Å². The molecule has 1 N–H and O–H groups in total. The monoisotopic (exact) mass is 529 g/mol. The number of nitrogens with zero attached hydrogens (tertiary/aromatic N) is 4. The minimum absolute atomic E-state index is 0.204. The molecule has 2 amide bonds. The third-order valence-corrected chi connectivity index (χ3v) is 7.70. The number of hydrogen-bond donors (Lipinski definition) is 1. The van der Waals surface area contributed by atoms with E-state index < -0.39 is 11.5 Å². The van der Waals surface area contributed by atoms with Gasteiger partial charge in [-0.15, -0.1) is 16.4 Å². The molecule has 184 valence electrons. The van der Waals surface area contributed by atoms with Crippen LogP contribution < -0.4 is 25.0 Å². The number of carbonyl (C=O) groups excluding carboxylic acids is 2. The zero-order chi connectivity index (χ0) is 25.5. The lowest BCUT2D eigenvalue weighted by Crippen LogP contribution is -2.37. The van der Waals surface area contributed by atoms with Crippen LogP contribution in [0.1, 0.15) is 12.5 Å². The van der Waals surface area contributed by atoms with E-state index in [1.54, 1.807) is 48.5 Å². The molecule has 37 heavy (non-hydrogen) atoms. The fraction of sp³-hybridized carbons (Fsp3) is 0.115. The molecule has 0 radical (unpaired) electrons. The summed E-state index contributed by atoms with van der Waals surface area (Å²) in [5.74, 6) is 0.402. The van der Waals surface area contributed by atoms with Crippen LogP contribution in [-0.2, 0) is 9.59 Å². The van der Waals surface area contributed by atoms with Gasteiger partial charge in [-0.1, -0.05) is 35.6 Å². The summed E-state index contributed by atoms with van der Waals surface area (Å²) in [7, 11) is 0. The molecule has 0 saturated carbocycles. The van der Waals surface area contributed by atoms with Crippen LogP contribution in [-0.4, -0.2) is 39.6 Å². The van der Waals surface area contributed by atoms with Crippen LogP contribution >= 0.6 is 22.7 Å². The molecule has 0 fully saturated rings. The van der Waals surface area contributed by atoms with Crippen molar-refractivity contribution in [2.45, 2.75) is 6.92 Å². The van der Waals surface area contributed by atoms with Gasteiger partial charge < -0.3 is 10.1 Å². The van der Waals surface area contributed by atoms with Crippen LogP contribution in [0.25, 0.3) is 21.2 Å². The molecule has 0 aliphatic carbocycles. The topological polar surface area (TPSA) is 106 Å². The Morgan fingerprint density at radius 1 is 1.05 bits per heavy atom. The zero-order valence-electron chi connectivity index (χ0n) is 19.5. The summed E-state index contributed by atoms with van der Waals surface area (Å²) in [6.07, 6.45) is 0. The molecular weight excluding hydrogens is 510 g/mol. The summed E-state index contributed by atoms with van der Waals surface area (Å²) < 4.78 is 6.91. The van der Waals surface area contributed by atoms with Gasteiger partial charge in [-0.3, -0.25) is 19.3 Å². The fourth-order valence-corrected chi connectivity index (χ4v) is 5.85. The number of anilines is 2. The number of ether oxygens (including phenoxy) is 1. The molecule has 11 heteroatoms. The minimum atomic E-state index is -0.414. The number of rotatable bonds is 6. The Hall–Kier alpha value is -4.35. The average Bonchev–Trinajstić information content (AvgIpc) is 3.67. The third kappa shape index (κ3) is 4.07. The summed E-state index contributed by atoms with van der Waals surface area (Å²) in [5.41, 5.74) is 1.61. The molecular formula is C26H19N5O4S2. The molecule has 5 aromatic rings. The maximum atomic E-state index is 13.6. The molecule has 1 aliphatic rings. The Bertz CT molecular complexity index is 1760. The van der Waals surface area contributed by atoms with Crippen molar-refractivity contribution in [3.63, 3.8) is 0 Å². The van der Waals surface area contributed by atoms with E-state index in [2.05, 4.69) is 15.4 Å². The van der Waals surface area contributed by atoms with Crippen molar-refractivity contribution in [1.29, 1.82) is 0 Å². The van der Waals surface area contributed by atoms with E-state index in [4.69, 9.17) is 4.74 Å². The minimum Gasteiger partial charge on any atom is -0.494 e. The lowest BCUT2D eigenvalue weighted by molar-refractivity contribution is -0.118. The smallest absolute Gasteiger partial charge is 0.291 e. The standard InChI is InChI=1S/C26H19N5O4S2/c1-2-35-16-11-9-15(10-12-16)27-20(32)14-30-18-7-4-3-6-17(18)21(24(30)33)22-25(34)31-26(37-22)28-23(29-31)19-8-5-13-36-19/h3-13H,2,14H2,1H3,(H,27,32)/b22-21-. The second-order valence-corrected chi connectivity index (χ2v) is 10.1. The highest BCUT2D eigenvalue weighted by molar-refractivity contribution is 7.15. The average molecular weight is 530 g/mol. The molecule has 4 heterocycles. The first-order valence-corrected chi connectivity index (χ1v) is 13.1. The van der Waals surface area contributed by atoms with E-state index in [0.717, 1.165) is 16.2 Å². The number of thiazole rings is 1. The van der Waals surface area contributed by atoms with Crippen LogP contribution in [0.5, 0.6) is 5.75 Å². The second kappa shape index (κ2) is 9.26. The normalized spacial score (nSPS) is 14.3. The van der Waals surface area contributed by atoms with Crippen LogP contribution in [0.2, 0.25) is 0 Å². The molecule has 1 aliphatic heterocycles. The predicted molar refractivity (Wildman–Crippen MR) is 143 cm³/mol. The van der Waals surface area contributed by atoms with Crippen LogP contribution in [0.15, 0.2) is 70.8 Å². The Kier molecular flexibility index (Phi) is 5.78. The number of thiophene rings is 1. The van der Waals surface area contributed by atoms with Crippen LogP contribution in [0.3, 0.4) is 0 Å². The summed E-state index contributed by atoms with van der Waals surface area (Å²) in [6, 6.07) is 17.9. The van der Waals surface area contributed by atoms with E-state index >= 15 is 0 Å². The van der Waals surface area contributed by atoms with Gasteiger partial charge in [0.2, 0.25) is 10.9 Å². The number of amides is 2. The van der Waals surface area contributed by atoms with Gasteiger partial charge >= 0.3 is 0 Å². The van der Waals surface area contributed by atoms with Crippen LogP contribution in [0.4, 0.5) is 11.4 Å². The molecule has 2 aromatic carbocycles. The van der Waals surface area contributed by atoms with Gasteiger partial charge in [0.15, 0.2) is 5.82 Å². The Morgan fingerprint density at radius 2 is 1.86 bits per heavy atom. The van der Waals surface area contributed by atoms with Crippen molar-refractivity contribution in [2.75, 3.05) is 23.4 Å². The first kappa shape index (κ1) is 23.1. The van der Waals surface area contributed by atoms with Crippen molar-refractivity contribution < 1.29 is 14.3 Å². The number of aromatic nitrogens is 3. The molecule has 0 unspecified atom stereocenters. The maximum absolute atomic E-state index is 13.6. The first-order chi connectivity index (χ1) is 18.0. The van der Waals surface area contributed by atoms with E-state index in [1.165, 1.54) is 20.8 Å². The molecule has 9 nitrogen and oxygen atoms in total. The highest BCUT2D eigenvalue weighted by Gasteiger charge is 2.35. The number of hydrogen-bond acceptors (Lipinski definition) is 8. The van der Waals surface area contributed by atoms with Gasteiger partial charge in [0.25, 0.3) is 11.5 Å². The Morgan fingerprint density at radius 3 is 2.59 bits per heavy atom. The molecule has 6 rings (SSSR count). The summed E-state index contributed by atoms with van der Waals surface area (Å²) in [6.45, 7) is 2.24. The predicted octanol–water partition coefficient (Wildman–Crippen LogP) is 3.18. The van der Waals surface area contributed by atoms with Gasteiger partial charge in [-0.2, -0.15) is 9.50 Å². The quantitative estimate of drug-likeness (QED) is 0.362. The van der Waals surface area contributed by atoms with Crippen molar-refractivity contribution in [2.24, 2.45) is 0 Å². The first-order valence-electron chi connectivity index (χ1n) is 11.4. The molecule has 0 spiro atoms.